The Hall–Kier alpha value is -3.53. The molecule has 2 N–H and O–H groups in total. The second-order valence-electron chi connectivity index (χ2n) is 10.9. The van der Waals surface area contributed by atoms with Crippen LogP contribution >= 0.6 is 0 Å². The molecule has 0 aromatic heterocycles. The summed E-state index contributed by atoms with van der Waals surface area (Å²) < 4.78 is 0. The van der Waals surface area contributed by atoms with E-state index in [0.717, 1.165) is 24.0 Å². The molecule has 0 bridgehead atoms. The Morgan fingerprint density at radius 1 is 0.683 bits per heavy atom. The van der Waals surface area contributed by atoms with Crippen molar-refractivity contribution < 1.29 is 15.1 Å². The van der Waals surface area contributed by atoms with E-state index in [4.69, 9.17) is 4.84 Å². The fourth-order valence-corrected chi connectivity index (χ4v) is 5.05. The van der Waals surface area contributed by atoms with Gasteiger partial charge in [-0.05, 0) is 53.3 Å². The topological polar surface area (TPSA) is 45.7 Å². The van der Waals surface area contributed by atoms with Gasteiger partial charge in [0.1, 0.15) is 5.56 Å². The molecule has 3 aromatic carbocycles. The average Bonchev–Trinajstić information content (AvgIpc) is 3.01. The number of hydrogen-bond donors (Lipinski definition) is 1. The summed E-state index contributed by atoms with van der Waals surface area (Å²) in [5, 5.41) is 2.36. The third-order valence-corrected chi connectivity index (χ3v) is 7.51. The standard InChI is InChI=1S/C38H47NO2/c1-2-3-4-5-6-7-8-9-10-11-12-13-14-15-16-17-18-19-23-33-28-30-35(31-29-33)38(40)41-39-32-36-26-22-25-34-24-20-21-27-37(34)36/h20-22,24-31,39H,2-16,32H2,1H3/q+1/p+1. The number of unbranched alkanes of at least 4 members (excludes halogenated alkanes) is 14. The first-order chi connectivity index (χ1) is 20.3. The highest BCUT2D eigenvalue weighted by molar-refractivity contribution is 5.89. The summed E-state index contributed by atoms with van der Waals surface area (Å²) in [6.07, 6.45) is 20.1. The molecule has 3 nitrogen and oxygen atoms in total. The molecule has 1 radical (unpaired) electrons. The van der Waals surface area contributed by atoms with Gasteiger partial charge >= 0.3 is 5.97 Å². The van der Waals surface area contributed by atoms with Gasteiger partial charge < -0.3 is 0 Å². The fraction of sp³-hybridized carbons (Fsp3) is 0.447. The summed E-state index contributed by atoms with van der Waals surface area (Å²) in [5.74, 6) is 11.8. The number of carbonyl (C=O) groups excluding carboxylic acids is 1. The van der Waals surface area contributed by atoms with Crippen molar-refractivity contribution in [2.75, 3.05) is 0 Å². The first-order valence-electron chi connectivity index (χ1n) is 15.9. The molecule has 3 rings (SSSR count). The minimum absolute atomic E-state index is 0.363. The van der Waals surface area contributed by atoms with Crippen molar-refractivity contribution in [1.29, 1.82) is 0 Å². The summed E-state index contributed by atoms with van der Waals surface area (Å²) in [4.78, 5) is 17.8. The number of nitrogens with two attached hydrogens (primary N) is 1. The zero-order chi connectivity index (χ0) is 28.8. The largest absolute Gasteiger partial charge is 0.669 e. The van der Waals surface area contributed by atoms with E-state index in [0.29, 0.717) is 12.1 Å². The number of rotatable bonds is 18. The number of benzene rings is 3. The Morgan fingerprint density at radius 3 is 1.98 bits per heavy atom. The maximum Gasteiger partial charge on any atom is 0.669 e. The third kappa shape index (κ3) is 13.1. The molecule has 3 aromatic rings. The van der Waals surface area contributed by atoms with Crippen LogP contribution in [0.15, 0.2) is 66.7 Å². The molecule has 0 heterocycles. The van der Waals surface area contributed by atoms with Crippen LogP contribution in [-0.4, -0.2) is 5.97 Å². The Morgan fingerprint density at radius 2 is 1.29 bits per heavy atom. The second-order valence-corrected chi connectivity index (χ2v) is 10.9. The van der Waals surface area contributed by atoms with Crippen molar-refractivity contribution in [3.63, 3.8) is 0 Å². The Bertz CT molecular complexity index is 1280. The average molecular weight is 551 g/mol. The van der Waals surface area contributed by atoms with Crippen molar-refractivity contribution in [3.05, 3.63) is 83.4 Å². The lowest BCUT2D eigenvalue weighted by molar-refractivity contribution is -0.883. The Balaban J connectivity index is 1.22. The van der Waals surface area contributed by atoms with E-state index in [-0.39, 0.29) is 5.97 Å². The molecule has 0 aliphatic rings. The lowest BCUT2D eigenvalue weighted by Gasteiger charge is -2.02. The molecule has 215 valence electrons. The Labute approximate surface area is 248 Å². The zero-order valence-electron chi connectivity index (χ0n) is 25.1. The van der Waals surface area contributed by atoms with Crippen molar-refractivity contribution in [2.24, 2.45) is 0 Å². The van der Waals surface area contributed by atoms with Gasteiger partial charge in [0.2, 0.25) is 0 Å². The summed E-state index contributed by atoms with van der Waals surface area (Å²) in [7, 11) is 0. The van der Waals surface area contributed by atoms with E-state index in [1.807, 2.05) is 30.3 Å². The van der Waals surface area contributed by atoms with E-state index < -0.39 is 0 Å². The van der Waals surface area contributed by atoms with Gasteiger partial charge in [-0.25, -0.2) is 0 Å². The fourth-order valence-electron chi connectivity index (χ4n) is 5.05. The van der Waals surface area contributed by atoms with Crippen molar-refractivity contribution in [2.45, 2.75) is 110 Å². The van der Waals surface area contributed by atoms with Gasteiger partial charge in [0.05, 0.1) is 4.79 Å². The van der Waals surface area contributed by atoms with Crippen LogP contribution in [-0.2, 0) is 11.4 Å². The predicted molar refractivity (Wildman–Crippen MR) is 171 cm³/mol. The maximum absolute atomic E-state index is 12.4. The summed E-state index contributed by atoms with van der Waals surface area (Å²) >= 11 is 0. The SMILES string of the molecule is CCCCCCCCCCCCCCCCC#CC#Cc1ccc(C(=[O+])O[NH2+]Cc2cccc3ccccc23)cc1. The number of quaternary nitrogens is 1. The lowest BCUT2D eigenvalue weighted by Crippen LogP contribution is -2.82. The van der Waals surface area contributed by atoms with Gasteiger partial charge in [0.15, 0.2) is 6.54 Å². The van der Waals surface area contributed by atoms with Crippen LogP contribution in [0.3, 0.4) is 0 Å². The number of hydroxylamine groups is 1. The molecular formula is C38H48NO2+2. The van der Waals surface area contributed by atoms with E-state index in [1.54, 1.807) is 17.6 Å². The van der Waals surface area contributed by atoms with Gasteiger partial charge in [-0.3, -0.25) is 0 Å². The van der Waals surface area contributed by atoms with Crippen molar-refractivity contribution in [1.82, 2.24) is 0 Å². The highest BCUT2D eigenvalue weighted by Gasteiger charge is 2.24. The Kier molecular flexibility index (Phi) is 15.9. The van der Waals surface area contributed by atoms with Gasteiger partial charge in [0, 0.05) is 17.5 Å². The maximum atomic E-state index is 12.4. The van der Waals surface area contributed by atoms with Crippen molar-refractivity contribution in [3.8, 4) is 23.7 Å². The van der Waals surface area contributed by atoms with Gasteiger partial charge in [-0.1, -0.05) is 155 Å². The number of carbonyl (C=O) groups is 1. The molecular weight excluding hydrogens is 502 g/mol. The zero-order valence-corrected chi connectivity index (χ0v) is 25.1. The van der Waals surface area contributed by atoms with Crippen LogP contribution in [0.25, 0.3) is 10.8 Å². The minimum atomic E-state index is -0.363. The second kappa shape index (κ2) is 20.4. The molecule has 0 aliphatic carbocycles. The molecule has 0 spiro atoms. The summed E-state index contributed by atoms with van der Waals surface area (Å²) in [5.41, 5.74) is 4.05. The van der Waals surface area contributed by atoms with Crippen LogP contribution in [0.1, 0.15) is 125 Å². The van der Waals surface area contributed by atoms with Crippen LogP contribution in [0.5, 0.6) is 0 Å². The van der Waals surface area contributed by atoms with Crippen LogP contribution < -0.4 is 5.48 Å². The molecule has 41 heavy (non-hydrogen) atoms. The minimum Gasteiger partial charge on any atom is -0.0891 e. The molecule has 0 aliphatic heterocycles. The van der Waals surface area contributed by atoms with Crippen LogP contribution in [0, 0.1) is 23.7 Å². The highest BCUT2D eigenvalue weighted by Crippen LogP contribution is 2.17. The third-order valence-electron chi connectivity index (χ3n) is 7.51. The van der Waals surface area contributed by atoms with Crippen LogP contribution in [0.2, 0.25) is 0 Å². The first kappa shape index (κ1) is 32.0. The molecule has 0 amide bonds. The van der Waals surface area contributed by atoms with E-state index in [2.05, 4.69) is 54.9 Å². The number of hydrogen-bond acceptors (Lipinski definition) is 2. The quantitative estimate of drug-likeness (QED) is 0.0744. The lowest BCUT2D eigenvalue weighted by atomic mass is 10.0. The number of fused-ring (bicyclic) bond motifs is 1. The molecule has 0 fully saturated rings. The molecule has 0 unspecified atom stereocenters. The molecule has 0 atom stereocenters. The molecule has 0 saturated heterocycles. The van der Waals surface area contributed by atoms with E-state index >= 15 is 0 Å². The normalized spacial score (nSPS) is 10.5. The summed E-state index contributed by atoms with van der Waals surface area (Å²) in [6, 6.07) is 21.6. The van der Waals surface area contributed by atoms with E-state index in [1.165, 1.54) is 94.2 Å². The van der Waals surface area contributed by atoms with Gasteiger partial charge in [0.25, 0.3) is 0 Å². The predicted octanol–water partition coefficient (Wildman–Crippen LogP) is 8.90. The van der Waals surface area contributed by atoms with Gasteiger partial charge in [-0.15, -0.1) is 0 Å². The van der Waals surface area contributed by atoms with Crippen LogP contribution in [0.4, 0.5) is 0 Å². The summed E-state index contributed by atoms with van der Waals surface area (Å²) in [6.45, 7) is 2.84. The van der Waals surface area contributed by atoms with Crippen molar-refractivity contribution >= 4 is 16.7 Å². The smallest absolute Gasteiger partial charge is 0.0891 e. The first-order valence-corrected chi connectivity index (χ1v) is 15.9. The molecule has 3 heteroatoms. The van der Waals surface area contributed by atoms with Gasteiger partial charge in [-0.2, -0.15) is 0 Å². The monoisotopic (exact) mass is 550 g/mol. The van der Waals surface area contributed by atoms with E-state index in [9.17, 15) is 4.79 Å². The highest BCUT2D eigenvalue weighted by atomic mass is 16.7. The molecule has 0 saturated carbocycles.